The Labute approximate surface area is 152 Å². The molecule has 5 heteroatoms. The summed E-state index contributed by atoms with van der Waals surface area (Å²) in [5.74, 6) is 0.203. The number of nitrogens with zero attached hydrogens (tertiary/aromatic N) is 2. The van der Waals surface area contributed by atoms with Crippen LogP contribution in [0.5, 0.6) is 0 Å². The smallest absolute Gasteiger partial charge is 0.236 e. The van der Waals surface area contributed by atoms with Crippen molar-refractivity contribution in [2.24, 2.45) is 0 Å². The molecule has 0 saturated carbocycles. The molecule has 1 aromatic rings. The van der Waals surface area contributed by atoms with E-state index in [0.29, 0.717) is 24.7 Å². The highest BCUT2D eigenvalue weighted by molar-refractivity contribution is 5.85. The molecule has 0 aromatic heterocycles. The first-order chi connectivity index (χ1) is 11.0. The predicted octanol–water partition coefficient (Wildman–Crippen LogP) is 2.84. The summed E-state index contributed by atoms with van der Waals surface area (Å²) >= 11 is 0. The van der Waals surface area contributed by atoms with Crippen molar-refractivity contribution < 1.29 is 4.79 Å². The first-order valence-corrected chi connectivity index (χ1v) is 8.81. The van der Waals surface area contributed by atoms with Gasteiger partial charge in [-0.1, -0.05) is 30.3 Å². The number of likely N-dealkylation sites (N-methyl/N-ethyl adjacent to an activating group) is 2. The highest BCUT2D eigenvalue weighted by Gasteiger charge is 2.35. The molecule has 3 rings (SSSR count). The van der Waals surface area contributed by atoms with Crippen LogP contribution in [0.4, 0.5) is 0 Å². The quantitative estimate of drug-likeness (QED) is 0.886. The maximum absolute atomic E-state index is 12.7. The number of amides is 1. The summed E-state index contributed by atoms with van der Waals surface area (Å²) in [5.41, 5.74) is 1.19. The van der Waals surface area contributed by atoms with Gasteiger partial charge in [0, 0.05) is 25.2 Å². The van der Waals surface area contributed by atoms with E-state index in [4.69, 9.17) is 0 Å². The van der Waals surface area contributed by atoms with Crippen LogP contribution in [-0.4, -0.2) is 54.5 Å². The van der Waals surface area contributed by atoms with Gasteiger partial charge in [0.2, 0.25) is 5.91 Å². The third-order valence-electron chi connectivity index (χ3n) is 5.71. The van der Waals surface area contributed by atoms with Crippen LogP contribution in [-0.2, 0) is 4.79 Å². The monoisotopic (exact) mass is 351 g/mol. The van der Waals surface area contributed by atoms with Crippen molar-refractivity contribution in [3.8, 4) is 0 Å². The lowest BCUT2D eigenvalue weighted by Gasteiger charge is -2.36. The molecule has 1 N–H and O–H groups in total. The second-order valence-corrected chi connectivity index (χ2v) is 7.27. The molecule has 2 fully saturated rings. The summed E-state index contributed by atoms with van der Waals surface area (Å²) in [5, 5.41) is 3.67. The molecule has 2 heterocycles. The summed E-state index contributed by atoms with van der Waals surface area (Å²) in [4.78, 5) is 16.8. The van der Waals surface area contributed by atoms with Gasteiger partial charge in [-0.3, -0.25) is 9.69 Å². The summed E-state index contributed by atoms with van der Waals surface area (Å²) in [6.07, 6.45) is 4.96. The van der Waals surface area contributed by atoms with Crippen LogP contribution >= 0.6 is 12.4 Å². The van der Waals surface area contributed by atoms with Crippen LogP contribution < -0.4 is 5.32 Å². The van der Waals surface area contributed by atoms with Gasteiger partial charge in [0.25, 0.3) is 0 Å². The molecule has 1 aromatic carbocycles. The van der Waals surface area contributed by atoms with Crippen molar-refractivity contribution in [2.75, 3.05) is 20.6 Å². The summed E-state index contributed by atoms with van der Waals surface area (Å²) in [7, 11) is 4.02. The number of nitrogens with one attached hydrogen (secondary N) is 1. The Hall–Kier alpha value is -1.10. The predicted molar refractivity (Wildman–Crippen MR) is 100 cm³/mol. The minimum Gasteiger partial charge on any atom is -0.338 e. The first kappa shape index (κ1) is 19.2. The Morgan fingerprint density at radius 3 is 2.33 bits per heavy atom. The maximum Gasteiger partial charge on any atom is 0.236 e. The minimum atomic E-state index is 0. The van der Waals surface area contributed by atoms with E-state index in [0.717, 1.165) is 0 Å². The number of hydrogen-bond acceptors (Lipinski definition) is 3. The first-order valence-electron chi connectivity index (χ1n) is 8.81. The molecular formula is C19H30ClN3O. The Morgan fingerprint density at radius 1 is 1.17 bits per heavy atom. The normalized spacial score (nSPS) is 26.8. The zero-order valence-corrected chi connectivity index (χ0v) is 15.8. The number of piperidine rings is 1. The van der Waals surface area contributed by atoms with E-state index in [9.17, 15) is 4.79 Å². The van der Waals surface area contributed by atoms with Gasteiger partial charge >= 0.3 is 0 Å². The zero-order valence-electron chi connectivity index (χ0n) is 14.9. The molecule has 2 aliphatic rings. The van der Waals surface area contributed by atoms with Crippen molar-refractivity contribution >= 4 is 18.3 Å². The number of benzene rings is 1. The van der Waals surface area contributed by atoms with Crippen LogP contribution in [0.25, 0.3) is 0 Å². The maximum atomic E-state index is 12.7. The number of carbonyl (C=O) groups is 1. The van der Waals surface area contributed by atoms with Gasteiger partial charge in [-0.15, -0.1) is 12.4 Å². The SMILES string of the molecule is CC(c1ccccc1)N(C)C(=O)CN(C)C1CC2CCC(C1)N2.Cl. The van der Waals surface area contributed by atoms with Crippen LogP contribution in [0.3, 0.4) is 0 Å². The fourth-order valence-corrected chi connectivity index (χ4v) is 4.01. The largest absolute Gasteiger partial charge is 0.338 e. The van der Waals surface area contributed by atoms with Crippen molar-refractivity contribution in [1.29, 1.82) is 0 Å². The number of hydrogen-bond donors (Lipinski definition) is 1. The van der Waals surface area contributed by atoms with Crippen LogP contribution in [0.2, 0.25) is 0 Å². The van der Waals surface area contributed by atoms with Crippen LogP contribution in [0.15, 0.2) is 30.3 Å². The van der Waals surface area contributed by atoms with E-state index in [1.54, 1.807) is 0 Å². The molecule has 0 aliphatic carbocycles. The summed E-state index contributed by atoms with van der Waals surface area (Å²) in [6.45, 7) is 2.61. The van der Waals surface area contributed by atoms with E-state index < -0.39 is 0 Å². The highest BCUT2D eigenvalue weighted by atomic mass is 35.5. The number of halogens is 1. The van der Waals surface area contributed by atoms with Gasteiger partial charge in [-0.25, -0.2) is 0 Å². The van der Waals surface area contributed by atoms with E-state index in [-0.39, 0.29) is 24.4 Å². The molecule has 1 amide bonds. The molecule has 3 atom stereocenters. The van der Waals surface area contributed by atoms with E-state index >= 15 is 0 Å². The fraction of sp³-hybridized carbons (Fsp3) is 0.632. The van der Waals surface area contributed by atoms with Gasteiger partial charge in [0.1, 0.15) is 0 Å². The Bertz CT molecular complexity index is 527. The molecular weight excluding hydrogens is 322 g/mol. The average Bonchev–Trinajstić information content (AvgIpc) is 2.92. The van der Waals surface area contributed by atoms with Gasteiger partial charge in [-0.05, 0) is 45.2 Å². The number of rotatable bonds is 5. The van der Waals surface area contributed by atoms with Crippen molar-refractivity contribution in [3.63, 3.8) is 0 Å². The molecule has 0 spiro atoms. The molecule has 3 unspecified atom stereocenters. The van der Waals surface area contributed by atoms with Crippen molar-refractivity contribution in [2.45, 2.75) is 56.8 Å². The summed E-state index contributed by atoms with van der Waals surface area (Å²) in [6, 6.07) is 12.2. The molecule has 2 saturated heterocycles. The Kier molecular flexibility index (Phi) is 6.67. The second-order valence-electron chi connectivity index (χ2n) is 7.27. The lowest BCUT2D eigenvalue weighted by atomic mass is 9.98. The molecule has 2 bridgehead atoms. The van der Waals surface area contributed by atoms with Gasteiger partial charge in [-0.2, -0.15) is 0 Å². The molecule has 24 heavy (non-hydrogen) atoms. The Morgan fingerprint density at radius 2 is 1.75 bits per heavy atom. The number of carbonyl (C=O) groups excluding carboxylic acids is 1. The standard InChI is InChI=1S/C19H29N3O.ClH/c1-14(15-7-5-4-6-8-15)22(3)19(23)13-21(2)18-11-16-9-10-17(12-18)20-16;/h4-8,14,16-18,20H,9-13H2,1-3H3;1H. The fourth-order valence-electron chi connectivity index (χ4n) is 4.01. The minimum absolute atomic E-state index is 0. The van der Waals surface area contributed by atoms with E-state index in [1.807, 2.05) is 30.1 Å². The zero-order chi connectivity index (χ0) is 16.4. The number of fused-ring (bicyclic) bond motifs is 2. The van der Waals surface area contributed by atoms with Crippen molar-refractivity contribution in [1.82, 2.24) is 15.1 Å². The Balaban J connectivity index is 0.00000208. The second kappa shape index (κ2) is 8.32. The topological polar surface area (TPSA) is 35.6 Å². The molecule has 134 valence electrons. The lowest BCUT2D eigenvalue weighted by Crippen LogP contribution is -2.49. The van der Waals surface area contributed by atoms with Crippen LogP contribution in [0.1, 0.15) is 44.2 Å². The van der Waals surface area contributed by atoms with E-state index in [2.05, 4.69) is 36.3 Å². The van der Waals surface area contributed by atoms with Gasteiger partial charge in [0.05, 0.1) is 12.6 Å². The third kappa shape index (κ3) is 4.29. The lowest BCUT2D eigenvalue weighted by molar-refractivity contribution is -0.133. The average molecular weight is 352 g/mol. The van der Waals surface area contributed by atoms with E-state index in [1.165, 1.54) is 31.2 Å². The highest BCUT2D eigenvalue weighted by Crippen LogP contribution is 2.29. The molecule has 2 aliphatic heterocycles. The van der Waals surface area contributed by atoms with Gasteiger partial charge < -0.3 is 10.2 Å². The van der Waals surface area contributed by atoms with Crippen LogP contribution in [0, 0.1) is 0 Å². The molecule has 4 nitrogen and oxygen atoms in total. The molecule has 0 radical (unpaired) electrons. The van der Waals surface area contributed by atoms with Gasteiger partial charge in [0.15, 0.2) is 0 Å². The summed E-state index contributed by atoms with van der Waals surface area (Å²) < 4.78 is 0. The van der Waals surface area contributed by atoms with Crippen molar-refractivity contribution in [3.05, 3.63) is 35.9 Å². The third-order valence-corrected chi connectivity index (χ3v) is 5.71.